The van der Waals surface area contributed by atoms with Gasteiger partial charge in [-0.3, -0.25) is 4.98 Å². The summed E-state index contributed by atoms with van der Waals surface area (Å²) in [4.78, 5) is 3.86. The average molecular weight is 216 g/mol. The quantitative estimate of drug-likeness (QED) is 0.833. The van der Waals surface area contributed by atoms with Gasteiger partial charge in [-0.25, -0.2) is 4.39 Å². The summed E-state index contributed by atoms with van der Waals surface area (Å²) >= 11 is 0. The second-order valence-corrected chi connectivity index (χ2v) is 3.67. The van der Waals surface area contributed by atoms with E-state index in [9.17, 15) is 4.39 Å². The number of hydrogen-bond acceptors (Lipinski definition) is 2. The summed E-state index contributed by atoms with van der Waals surface area (Å²) in [5, 5.41) is 3.06. The Hall–Kier alpha value is -1.90. The van der Waals surface area contributed by atoms with E-state index in [1.54, 1.807) is 6.20 Å². The Balaban J connectivity index is 2.54. The number of aryl methyl sites for hydroxylation is 1. The molecule has 0 unspecified atom stereocenters. The van der Waals surface area contributed by atoms with E-state index in [-0.39, 0.29) is 5.82 Å². The normalized spacial score (nSPS) is 10.2. The molecule has 0 aliphatic rings. The van der Waals surface area contributed by atoms with Gasteiger partial charge in [0.25, 0.3) is 0 Å². The molecule has 0 radical (unpaired) electrons. The van der Waals surface area contributed by atoms with Crippen LogP contribution in [0.4, 0.5) is 10.1 Å². The molecule has 0 atom stereocenters. The zero-order valence-corrected chi connectivity index (χ0v) is 9.29. The first kappa shape index (κ1) is 10.6. The maximum atomic E-state index is 13.1. The van der Waals surface area contributed by atoms with Gasteiger partial charge in [0, 0.05) is 24.5 Å². The third-order valence-corrected chi connectivity index (χ3v) is 2.54. The third-order valence-electron chi connectivity index (χ3n) is 2.54. The lowest BCUT2D eigenvalue weighted by molar-refractivity contribution is 0.622. The molecule has 2 aromatic rings. The molecule has 3 heteroatoms. The Morgan fingerprint density at radius 2 is 2.00 bits per heavy atom. The SMILES string of the molecule is CNc1ccc(C)c(-c2cncc(F)c2)c1. The summed E-state index contributed by atoms with van der Waals surface area (Å²) in [5.74, 6) is -0.313. The number of pyridine rings is 1. The number of benzene rings is 1. The molecule has 1 N–H and O–H groups in total. The second kappa shape index (κ2) is 4.31. The zero-order chi connectivity index (χ0) is 11.5. The summed E-state index contributed by atoms with van der Waals surface area (Å²) in [5.41, 5.74) is 3.91. The van der Waals surface area contributed by atoms with Crippen molar-refractivity contribution in [3.8, 4) is 11.1 Å². The van der Waals surface area contributed by atoms with Crippen molar-refractivity contribution in [3.05, 3.63) is 48.0 Å². The molecule has 0 spiro atoms. The van der Waals surface area contributed by atoms with Gasteiger partial charge in [-0.05, 0) is 36.2 Å². The molecular weight excluding hydrogens is 203 g/mol. The Labute approximate surface area is 94.2 Å². The molecular formula is C13H13FN2. The maximum absolute atomic E-state index is 13.1. The molecule has 0 aliphatic heterocycles. The molecule has 82 valence electrons. The summed E-state index contributed by atoms with van der Waals surface area (Å²) < 4.78 is 13.1. The van der Waals surface area contributed by atoms with E-state index in [2.05, 4.69) is 10.3 Å². The molecule has 0 amide bonds. The Bertz CT molecular complexity index is 509. The lowest BCUT2D eigenvalue weighted by Gasteiger charge is -2.08. The van der Waals surface area contributed by atoms with E-state index >= 15 is 0 Å². The highest BCUT2D eigenvalue weighted by molar-refractivity contribution is 5.70. The smallest absolute Gasteiger partial charge is 0.142 e. The van der Waals surface area contributed by atoms with Crippen LogP contribution in [0.15, 0.2) is 36.7 Å². The molecule has 0 fully saturated rings. The van der Waals surface area contributed by atoms with E-state index in [1.807, 2.05) is 32.2 Å². The fourth-order valence-corrected chi connectivity index (χ4v) is 1.65. The lowest BCUT2D eigenvalue weighted by atomic mass is 10.0. The largest absolute Gasteiger partial charge is 0.388 e. The highest BCUT2D eigenvalue weighted by Gasteiger charge is 2.04. The highest BCUT2D eigenvalue weighted by atomic mass is 19.1. The van der Waals surface area contributed by atoms with Crippen LogP contribution in [0.25, 0.3) is 11.1 Å². The average Bonchev–Trinajstić information content (AvgIpc) is 2.30. The molecule has 1 aromatic heterocycles. The van der Waals surface area contributed by atoms with Crippen molar-refractivity contribution in [2.45, 2.75) is 6.92 Å². The fourth-order valence-electron chi connectivity index (χ4n) is 1.65. The number of anilines is 1. The minimum Gasteiger partial charge on any atom is -0.388 e. The summed E-state index contributed by atoms with van der Waals surface area (Å²) in [6.07, 6.45) is 2.88. The molecule has 0 saturated heterocycles. The first-order valence-electron chi connectivity index (χ1n) is 5.10. The van der Waals surface area contributed by atoms with Gasteiger partial charge in [0.15, 0.2) is 0 Å². The lowest BCUT2D eigenvalue weighted by Crippen LogP contribution is -1.91. The van der Waals surface area contributed by atoms with Gasteiger partial charge in [-0.2, -0.15) is 0 Å². The Morgan fingerprint density at radius 3 is 2.69 bits per heavy atom. The van der Waals surface area contributed by atoms with Crippen molar-refractivity contribution < 1.29 is 4.39 Å². The summed E-state index contributed by atoms with van der Waals surface area (Å²) in [7, 11) is 1.86. The van der Waals surface area contributed by atoms with Crippen LogP contribution in [-0.2, 0) is 0 Å². The molecule has 0 aliphatic carbocycles. The molecule has 2 nitrogen and oxygen atoms in total. The van der Waals surface area contributed by atoms with Crippen LogP contribution in [0.1, 0.15) is 5.56 Å². The number of nitrogens with zero attached hydrogens (tertiary/aromatic N) is 1. The molecule has 1 heterocycles. The minimum absolute atomic E-state index is 0.313. The van der Waals surface area contributed by atoms with Crippen LogP contribution in [0.3, 0.4) is 0 Å². The molecule has 0 saturated carbocycles. The van der Waals surface area contributed by atoms with Crippen molar-refractivity contribution in [2.75, 3.05) is 12.4 Å². The number of rotatable bonds is 2. The van der Waals surface area contributed by atoms with Gasteiger partial charge in [-0.15, -0.1) is 0 Å². The predicted molar refractivity (Wildman–Crippen MR) is 63.9 cm³/mol. The first-order valence-corrected chi connectivity index (χ1v) is 5.10. The van der Waals surface area contributed by atoms with Crippen LogP contribution in [0.2, 0.25) is 0 Å². The number of aromatic nitrogens is 1. The Morgan fingerprint density at radius 1 is 1.19 bits per heavy atom. The van der Waals surface area contributed by atoms with Crippen LogP contribution >= 0.6 is 0 Å². The maximum Gasteiger partial charge on any atom is 0.142 e. The molecule has 2 rings (SSSR count). The van der Waals surface area contributed by atoms with Crippen LogP contribution in [0, 0.1) is 12.7 Å². The van der Waals surface area contributed by atoms with E-state index in [4.69, 9.17) is 0 Å². The minimum atomic E-state index is -0.313. The summed E-state index contributed by atoms with van der Waals surface area (Å²) in [6, 6.07) is 7.48. The van der Waals surface area contributed by atoms with Gasteiger partial charge in [-0.1, -0.05) is 6.07 Å². The van der Waals surface area contributed by atoms with Crippen LogP contribution in [0.5, 0.6) is 0 Å². The predicted octanol–water partition coefficient (Wildman–Crippen LogP) is 3.24. The topological polar surface area (TPSA) is 24.9 Å². The van der Waals surface area contributed by atoms with Gasteiger partial charge in [0.2, 0.25) is 0 Å². The van der Waals surface area contributed by atoms with E-state index in [1.165, 1.54) is 12.3 Å². The van der Waals surface area contributed by atoms with Gasteiger partial charge in [0.05, 0.1) is 6.20 Å². The third kappa shape index (κ3) is 2.03. The van der Waals surface area contributed by atoms with Gasteiger partial charge in [0.1, 0.15) is 5.82 Å². The first-order chi connectivity index (χ1) is 7.70. The molecule has 0 bridgehead atoms. The fraction of sp³-hybridized carbons (Fsp3) is 0.154. The van der Waals surface area contributed by atoms with E-state index < -0.39 is 0 Å². The molecule has 16 heavy (non-hydrogen) atoms. The van der Waals surface area contributed by atoms with Crippen molar-refractivity contribution >= 4 is 5.69 Å². The number of nitrogens with one attached hydrogen (secondary N) is 1. The Kier molecular flexibility index (Phi) is 2.86. The monoisotopic (exact) mass is 216 g/mol. The summed E-state index contributed by atoms with van der Waals surface area (Å²) in [6.45, 7) is 2.00. The number of hydrogen-bond donors (Lipinski definition) is 1. The van der Waals surface area contributed by atoms with Gasteiger partial charge >= 0.3 is 0 Å². The molecule has 1 aromatic carbocycles. The van der Waals surface area contributed by atoms with Gasteiger partial charge < -0.3 is 5.32 Å². The standard InChI is InChI=1S/C13H13FN2/c1-9-3-4-12(15-2)6-13(9)10-5-11(14)8-16-7-10/h3-8,15H,1-2H3. The van der Waals surface area contributed by atoms with Crippen LogP contribution in [-0.4, -0.2) is 12.0 Å². The van der Waals surface area contributed by atoms with E-state index in [0.717, 1.165) is 22.4 Å². The van der Waals surface area contributed by atoms with Crippen molar-refractivity contribution in [2.24, 2.45) is 0 Å². The van der Waals surface area contributed by atoms with Crippen molar-refractivity contribution in [1.29, 1.82) is 0 Å². The highest BCUT2D eigenvalue weighted by Crippen LogP contribution is 2.26. The van der Waals surface area contributed by atoms with Crippen molar-refractivity contribution in [1.82, 2.24) is 4.98 Å². The van der Waals surface area contributed by atoms with Crippen molar-refractivity contribution in [3.63, 3.8) is 0 Å². The second-order valence-electron chi connectivity index (χ2n) is 3.67. The van der Waals surface area contributed by atoms with E-state index in [0.29, 0.717) is 0 Å². The van der Waals surface area contributed by atoms with Crippen LogP contribution < -0.4 is 5.32 Å². The number of halogens is 1. The zero-order valence-electron chi connectivity index (χ0n) is 9.29.